The molecule has 0 atom stereocenters. The molecule has 0 aliphatic heterocycles. The van der Waals surface area contributed by atoms with Gasteiger partial charge in [-0.15, -0.1) is 0 Å². The summed E-state index contributed by atoms with van der Waals surface area (Å²) < 4.78 is 0. The maximum Gasteiger partial charge on any atom is 0.170 e. The summed E-state index contributed by atoms with van der Waals surface area (Å²) in [5.41, 5.74) is 7.02. The molecule has 0 heterocycles. The van der Waals surface area contributed by atoms with Gasteiger partial charge in [-0.05, 0) is 18.1 Å². The Hall–Kier alpha value is -1.55. The van der Waals surface area contributed by atoms with Crippen molar-refractivity contribution in [1.82, 2.24) is 0 Å². The summed E-state index contributed by atoms with van der Waals surface area (Å²) in [5, 5.41) is 20.0. The van der Waals surface area contributed by atoms with E-state index in [1.54, 1.807) is 18.2 Å². The van der Waals surface area contributed by atoms with Gasteiger partial charge in [0.05, 0.1) is 0 Å². The van der Waals surface area contributed by atoms with Crippen molar-refractivity contribution in [2.75, 3.05) is 6.61 Å². The summed E-state index contributed by atoms with van der Waals surface area (Å²) in [6, 6.07) is 7.21. The average Bonchev–Trinajstić information content (AvgIpc) is 2.18. The van der Waals surface area contributed by atoms with Crippen LogP contribution in [0, 0.1) is 0 Å². The van der Waals surface area contributed by atoms with E-state index in [1.807, 2.05) is 6.07 Å². The van der Waals surface area contributed by atoms with Crippen LogP contribution in [0.1, 0.15) is 11.1 Å². The number of aliphatic hydroxyl groups is 1. The van der Waals surface area contributed by atoms with Gasteiger partial charge in [-0.2, -0.15) is 0 Å². The van der Waals surface area contributed by atoms with Crippen LogP contribution < -0.4 is 5.73 Å². The highest BCUT2D eigenvalue weighted by Gasteiger charge is 1.99. The van der Waals surface area contributed by atoms with E-state index in [9.17, 15) is 0 Å². The van der Waals surface area contributed by atoms with Gasteiger partial charge >= 0.3 is 0 Å². The maximum absolute atomic E-state index is 8.70. The number of rotatable bonds is 3. The number of amidine groups is 1. The molecule has 0 fully saturated rings. The van der Waals surface area contributed by atoms with Crippen molar-refractivity contribution in [2.24, 2.45) is 10.9 Å². The molecule has 13 heavy (non-hydrogen) atoms. The molecule has 4 heteroatoms. The van der Waals surface area contributed by atoms with Crippen molar-refractivity contribution in [2.45, 2.75) is 6.42 Å². The molecule has 0 aromatic heterocycles. The predicted molar refractivity (Wildman–Crippen MR) is 49.7 cm³/mol. The van der Waals surface area contributed by atoms with Gasteiger partial charge < -0.3 is 16.0 Å². The lowest BCUT2D eigenvalue weighted by Gasteiger charge is -2.01. The lowest BCUT2D eigenvalue weighted by atomic mass is 10.1. The van der Waals surface area contributed by atoms with Crippen molar-refractivity contribution < 1.29 is 10.3 Å². The van der Waals surface area contributed by atoms with Crippen molar-refractivity contribution in [3.8, 4) is 0 Å². The molecule has 1 aromatic rings. The number of hydrogen-bond donors (Lipinski definition) is 3. The Bertz CT molecular complexity index is 310. The first-order valence-corrected chi connectivity index (χ1v) is 3.95. The summed E-state index contributed by atoms with van der Waals surface area (Å²) in [4.78, 5) is 0. The van der Waals surface area contributed by atoms with E-state index >= 15 is 0 Å². The minimum atomic E-state index is 0.0831. The van der Waals surface area contributed by atoms with Crippen molar-refractivity contribution >= 4 is 5.84 Å². The monoisotopic (exact) mass is 180 g/mol. The lowest BCUT2D eigenvalue weighted by molar-refractivity contribution is 0.299. The summed E-state index contributed by atoms with van der Waals surface area (Å²) in [5.74, 6) is 0.0831. The highest BCUT2D eigenvalue weighted by atomic mass is 16.4. The second kappa shape index (κ2) is 4.47. The molecule has 4 N–H and O–H groups in total. The second-order valence-corrected chi connectivity index (χ2v) is 2.66. The molecular formula is C9H12N2O2. The van der Waals surface area contributed by atoms with Gasteiger partial charge in [0.2, 0.25) is 0 Å². The zero-order chi connectivity index (χ0) is 9.68. The first-order chi connectivity index (χ1) is 6.27. The van der Waals surface area contributed by atoms with Crippen molar-refractivity contribution in [1.29, 1.82) is 0 Å². The third-order valence-corrected chi connectivity index (χ3v) is 1.73. The third kappa shape index (κ3) is 2.45. The molecule has 0 radical (unpaired) electrons. The molecule has 1 aromatic carbocycles. The van der Waals surface area contributed by atoms with Crippen LogP contribution in [0.3, 0.4) is 0 Å². The Morgan fingerprint density at radius 2 is 2.23 bits per heavy atom. The fourth-order valence-electron chi connectivity index (χ4n) is 1.07. The Morgan fingerprint density at radius 3 is 2.85 bits per heavy atom. The molecule has 0 spiro atoms. The normalized spacial score (nSPS) is 11.6. The third-order valence-electron chi connectivity index (χ3n) is 1.73. The zero-order valence-electron chi connectivity index (χ0n) is 7.14. The predicted octanol–water partition coefficient (Wildman–Crippen LogP) is 0.316. The summed E-state index contributed by atoms with van der Waals surface area (Å²) >= 11 is 0. The molecule has 0 aliphatic rings. The van der Waals surface area contributed by atoms with Gasteiger partial charge in [0, 0.05) is 12.2 Å². The smallest absolute Gasteiger partial charge is 0.170 e. The molecule has 0 amide bonds. The average molecular weight is 180 g/mol. The van der Waals surface area contributed by atoms with Crippen LogP contribution in [-0.4, -0.2) is 22.8 Å². The molecule has 1 rings (SSSR count). The summed E-state index contributed by atoms with van der Waals surface area (Å²) in [6.07, 6.45) is 0.576. The highest BCUT2D eigenvalue weighted by Crippen LogP contribution is 2.05. The van der Waals surface area contributed by atoms with Gasteiger partial charge in [0.25, 0.3) is 0 Å². The number of nitrogens with two attached hydrogens (primary N) is 1. The minimum Gasteiger partial charge on any atom is -0.409 e. The first-order valence-electron chi connectivity index (χ1n) is 3.95. The van der Waals surface area contributed by atoms with E-state index in [2.05, 4.69) is 5.16 Å². The van der Waals surface area contributed by atoms with Crippen LogP contribution in [0.15, 0.2) is 29.4 Å². The van der Waals surface area contributed by atoms with E-state index in [0.29, 0.717) is 12.0 Å². The van der Waals surface area contributed by atoms with Crippen LogP contribution >= 0.6 is 0 Å². The van der Waals surface area contributed by atoms with Crippen LogP contribution in [0.2, 0.25) is 0 Å². The van der Waals surface area contributed by atoms with Crippen LogP contribution in [0.4, 0.5) is 0 Å². The van der Waals surface area contributed by atoms with E-state index in [0.717, 1.165) is 5.56 Å². The van der Waals surface area contributed by atoms with Crippen LogP contribution in [-0.2, 0) is 6.42 Å². The van der Waals surface area contributed by atoms with Crippen molar-refractivity contribution in [3.63, 3.8) is 0 Å². The maximum atomic E-state index is 8.70. The number of oxime groups is 1. The Morgan fingerprint density at radius 1 is 1.46 bits per heavy atom. The highest BCUT2D eigenvalue weighted by molar-refractivity contribution is 5.97. The van der Waals surface area contributed by atoms with Crippen LogP contribution in [0.25, 0.3) is 0 Å². The zero-order valence-corrected chi connectivity index (χ0v) is 7.14. The quantitative estimate of drug-likeness (QED) is 0.271. The molecule has 0 saturated heterocycles. The molecule has 4 nitrogen and oxygen atoms in total. The van der Waals surface area contributed by atoms with Crippen molar-refractivity contribution in [3.05, 3.63) is 35.4 Å². The molecule has 0 unspecified atom stereocenters. The van der Waals surface area contributed by atoms with E-state index in [4.69, 9.17) is 16.0 Å². The van der Waals surface area contributed by atoms with E-state index in [1.165, 1.54) is 0 Å². The number of benzene rings is 1. The van der Waals surface area contributed by atoms with Gasteiger partial charge in [0.15, 0.2) is 5.84 Å². The Labute approximate surface area is 76.3 Å². The molecule has 0 saturated carbocycles. The number of nitrogens with zero attached hydrogens (tertiary/aromatic N) is 1. The summed E-state index contributed by atoms with van der Waals surface area (Å²) in [6.45, 7) is 0.0969. The fourth-order valence-corrected chi connectivity index (χ4v) is 1.07. The molecule has 70 valence electrons. The fraction of sp³-hybridized carbons (Fsp3) is 0.222. The van der Waals surface area contributed by atoms with E-state index < -0.39 is 0 Å². The first kappa shape index (κ1) is 9.54. The van der Waals surface area contributed by atoms with Crippen LogP contribution in [0.5, 0.6) is 0 Å². The van der Waals surface area contributed by atoms with E-state index in [-0.39, 0.29) is 12.4 Å². The van der Waals surface area contributed by atoms with Gasteiger partial charge in [-0.1, -0.05) is 23.4 Å². The Kier molecular flexibility index (Phi) is 3.28. The topological polar surface area (TPSA) is 78.8 Å². The molecule has 0 aliphatic carbocycles. The van der Waals surface area contributed by atoms with Gasteiger partial charge in [-0.3, -0.25) is 0 Å². The second-order valence-electron chi connectivity index (χ2n) is 2.66. The van der Waals surface area contributed by atoms with Gasteiger partial charge in [0.1, 0.15) is 0 Å². The minimum absolute atomic E-state index is 0.0831. The SMILES string of the molecule is N/C(=N\O)c1cccc(CCO)c1. The lowest BCUT2D eigenvalue weighted by Crippen LogP contribution is -2.13. The molecule has 0 bridgehead atoms. The number of hydrogen-bond acceptors (Lipinski definition) is 3. The largest absolute Gasteiger partial charge is 0.409 e. The number of aliphatic hydroxyl groups excluding tert-OH is 1. The Balaban J connectivity index is 2.91. The molecular weight excluding hydrogens is 168 g/mol. The van der Waals surface area contributed by atoms with Gasteiger partial charge in [-0.25, -0.2) is 0 Å². The standard InChI is InChI=1S/C9H12N2O2/c10-9(11-13)8-3-1-2-7(6-8)4-5-12/h1-3,6,12-13H,4-5H2,(H2,10,11). The summed E-state index contributed by atoms with van der Waals surface area (Å²) in [7, 11) is 0.